The first-order valence-corrected chi connectivity index (χ1v) is 10.5. The summed E-state index contributed by atoms with van der Waals surface area (Å²) < 4.78 is 0. The Balaban J connectivity index is 0.00000338. The Labute approximate surface area is 180 Å². The summed E-state index contributed by atoms with van der Waals surface area (Å²) >= 11 is 1.79. The lowest BCUT2D eigenvalue weighted by Gasteiger charge is -2.35. The van der Waals surface area contributed by atoms with Gasteiger partial charge in [0.2, 0.25) is 0 Å². The molecule has 0 saturated carbocycles. The third-order valence-electron chi connectivity index (χ3n) is 4.79. The summed E-state index contributed by atoms with van der Waals surface area (Å²) in [5.41, 5.74) is 1.34. The minimum absolute atomic E-state index is 0. The Morgan fingerprint density at radius 1 is 1.19 bits per heavy atom. The average Bonchev–Trinajstić information content (AvgIpc) is 3.03. The van der Waals surface area contributed by atoms with Gasteiger partial charge < -0.3 is 20.4 Å². The number of aryl methyl sites for hydroxylation is 1. The number of likely N-dealkylation sites (N-methyl/N-ethyl adjacent to an activating group) is 1. The number of aliphatic imine (C=N–C) groups is 1. The largest absolute Gasteiger partial charge is 0.357 e. The fourth-order valence-corrected chi connectivity index (χ4v) is 3.95. The molecule has 150 valence electrons. The maximum absolute atomic E-state index is 4.74. The highest BCUT2D eigenvalue weighted by Crippen LogP contribution is 2.16. The first-order chi connectivity index (χ1) is 12.1. The maximum atomic E-state index is 4.74. The van der Waals surface area contributed by atoms with E-state index in [0.29, 0.717) is 5.92 Å². The zero-order valence-corrected chi connectivity index (χ0v) is 19.9. The number of thiophene rings is 1. The van der Waals surface area contributed by atoms with Crippen LogP contribution in [-0.2, 0) is 6.54 Å². The Morgan fingerprint density at radius 3 is 2.46 bits per heavy atom. The van der Waals surface area contributed by atoms with Crippen molar-refractivity contribution in [2.24, 2.45) is 10.9 Å². The molecule has 1 aliphatic heterocycles. The molecule has 2 N–H and O–H groups in total. The van der Waals surface area contributed by atoms with Crippen LogP contribution in [0.5, 0.6) is 0 Å². The van der Waals surface area contributed by atoms with Gasteiger partial charge in [0.05, 0.1) is 6.54 Å². The minimum atomic E-state index is 0. The third-order valence-corrected chi connectivity index (χ3v) is 5.80. The molecule has 1 aromatic rings. The number of halogens is 1. The molecule has 7 heteroatoms. The number of nitrogens with zero attached hydrogens (tertiary/aromatic N) is 3. The van der Waals surface area contributed by atoms with Crippen LogP contribution in [0.3, 0.4) is 0 Å². The molecule has 1 aromatic heterocycles. The van der Waals surface area contributed by atoms with Crippen molar-refractivity contribution in [3.8, 4) is 0 Å². The van der Waals surface area contributed by atoms with Gasteiger partial charge in [-0.2, -0.15) is 0 Å². The second-order valence-electron chi connectivity index (χ2n) is 6.94. The minimum Gasteiger partial charge on any atom is -0.357 e. The number of piperazine rings is 1. The highest BCUT2D eigenvalue weighted by atomic mass is 127. The van der Waals surface area contributed by atoms with E-state index in [1.807, 2.05) is 0 Å². The van der Waals surface area contributed by atoms with Crippen molar-refractivity contribution >= 4 is 41.3 Å². The molecule has 0 aromatic carbocycles. The smallest absolute Gasteiger partial charge is 0.191 e. The van der Waals surface area contributed by atoms with Gasteiger partial charge in [-0.15, -0.1) is 35.3 Å². The predicted octanol–water partition coefficient (Wildman–Crippen LogP) is 3.00. The average molecular weight is 494 g/mol. The lowest BCUT2D eigenvalue weighted by atomic mass is 10.1. The summed E-state index contributed by atoms with van der Waals surface area (Å²) in [7, 11) is 0. The van der Waals surface area contributed by atoms with E-state index in [4.69, 9.17) is 4.99 Å². The molecule has 1 fully saturated rings. The van der Waals surface area contributed by atoms with Crippen molar-refractivity contribution in [1.29, 1.82) is 0 Å². The van der Waals surface area contributed by atoms with Gasteiger partial charge in [-0.3, -0.25) is 0 Å². The summed E-state index contributed by atoms with van der Waals surface area (Å²) in [6.07, 6.45) is 0. The zero-order valence-electron chi connectivity index (χ0n) is 16.8. The normalized spacial score (nSPS) is 17.6. The van der Waals surface area contributed by atoms with E-state index in [-0.39, 0.29) is 24.0 Å². The van der Waals surface area contributed by atoms with Gasteiger partial charge in [-0.25, -0.2) is 4.99 Å². The van der Waals surface area contributed by atoms with E-state index < -0.39 is 0 Å². The number of hydrogen-bond donors (Lipinski definition) is 2. The molecule has 0 radical (unpaired) electrons. The van der Waals surface area contributed by atoms with Crippen LogP contribution < -0.4 is 10.6 Å². The second-order valence-corrected chi connectivity index (χ2v) is 7.94. The van der Waals surface area contributed by atoms with Crippen molar-refractivity contribution in [3.63, 3.8) is 0 Å². The van der Waals surface area contributed by atoms with Crippen molar-refractivity contribution in [2.75, 3.05) is 52.4 Å². The Hall–Kier alpha value is -0.380. The molecular weight excluding hydrogens is 457 g/mol. The Kier molecular flexibility index (Phi) is 11.7. The van der Waals surface area contributed by atoms with Gasteiger partial charge in [0.25, 0.3) is 0 Å². The first-order valence-electron chi connectivity index (χ1n) is 9.62. The highest BCUT2D eigenvalue weighted by molar-refractivity contribution is 14.0. The van der Waals surface area contributed by atoms with Crippen LogP contribution in [0.2, 0.25) is 0 Å². The van der Waals surface area contributed by atoms with Crippen molar-refractivity contribution in [1.82, 2.24) is 20.4 Å². The molecule has 0 amide bonds. The summed E-state index contributed by atoms with van der Waals surface area (Å²) in [5.74, 6) is 1.54. The van der Waals surface area contributed by atoms with Crippen molar-refractivity contribution in [3.05, 3.63) is 21.9 Å². The SMILES string of the molecule is CCNC(=NCc1sccc1C)NCC(C)CN1CCN(CC)CC1.I. The zero-order chi connectivity index (χ0) is 18.1. The maximum Gasteiger partial charge on any atom is 0.191 e. The summed E-state index contributed by atoms with van der Waals surface area (Å²) in [5, 5.41) is 9.02. The summed E-state index contributed by atoms with van der Waals surface area (Å²) in [4.78, 5) is 11.2. The molecular formula is C19H36IN5S. The molecule has 2 rings (SSSR count). The quantitative estimate of drug-likeness (QED) is 0.332. The first kappa shape index (κ1) is 23.7. The number of nitrogens with one attached hydrogen (secondary N) is 2. The summed E-state index contributed by atoms with van der Waals surface area (Å²) in [6, 6.07) is 2.16. The Bertz CT molecular complexity index is 526. The van der Waals surface area contributed by atoms with Crippen molar-refractivity contribution in [2.45, 2.75) is 34.2 Å². The molecule has 1 saturated heterocycles. The lowest BCUT2D eigenvalue weighted by Crippen LogP contribution is -2.48. The highest BCUT2D eigenvalue weighted by Gasteiger charge is 2.17. The van der Waals surface area contributed by atoms with Gasteiger partial charge in [0.1, 0.15) is 0 Å². The van der Waals surface area contributed by atoms with Gasteiger partial charge in [0.15, 0.2) is 5.96 Å². The van der Waals surface area contributed by atoms with Crippen LogP contribution in [0.25, 0.3) is 0 Å². The lowest BCUT2D eigenvalue weighted by molar-refractivity contribution is 0.124. The van der Waals surface area contributed by atoms with Crippen LogP contribution in [0.4, 0.5) is 0 Å². The van der Waals surface area contributed by atoms with Gasteiger partial charge >= 0.3 is 0 Å². The van der Waals surface area contributed by atoms with Crippen LogP contribution >= 0.6 is 35.3 Å². The third kappa shape index (κ3) is 8.10. The number of guanidine groups is 1. The van der Waals surface area contributed by atoms with Gasteiger partial charge in [-0.1, -0.05) is 13.8 Å². The molecule has 26 heavy (non-hydrogen) atoms. The fourth-order valence-electron chi connectivity index (χ4n) is 3.12. The molecule has 1 atom stereocenters. The molecule has 2 heterocycles. The predicted molar refractivity (Wildman–Crippen MR) is 125 cm³/mol. The molecule has 5 nitrogen and oxygen atoms in total. The van der Waals surface area contributed by atoms with Crippen molar-refractivity contribution < 1.29 is 0 Å². The van der Waals surface area contributed by atoms with E-state index in [1.165, 1.54) is 43.2 Å². The van der Waals surface area contributed by atoms with Crippen LogP contribution in [0.1, 0.15) is 31.2 Å². The molecule has 0 spiro atoms. The monoisotopic (exact) mass is 493 g/mol. The van der Waals surface area contributed by atoms with E-state index in [9.17, 15) is 0 Å². The van der Waals surface area contributed by atoms with Gasteiger partial charge in [-0.05, 0) is 43.3 Å². The van der Waals surface area contributed by atoms with E-state index in [0.717, 1.165) is 32.1 Å². The van der Waals surface area contributed by atoms with E-state index in [2.05, 4.69) is 59.6 Å². The topological polar surface area (TPSA) is 42.9 Å². The van der Waals surface area contributed by atoms with Crippen LogP contribution in [0.15, 0.2) is 16.4 Å². The van der Waals surface area contributed by atoms with Gasteiger partial charge in [0, 0.05) is 50.7 Å². The van der Waals surface area contributed by atoms with E-state index in [1.54, 1.807) is 11.3 Å². The standard InChI is InChI=1S/C19H35N5S.HI/c1-5-20-19(22-14-18-17(4)7-12-25-18)21-13-16(3)15-24-10-8-23(6-2)9-11-24;/h7,12,16H,5-6,8-11,13-15H2,1-4H3,(H2,20,21,22);1H. The molecule has 1 aliphatic rings. The Morgan fingerprint density at radius 2 is 1.88 bits per heavy atom. The number of rotatable bonds is 8. The fraction of sp³-hybridized carbons (Fsp3) is 0.737. The molecule has 1 unspecified atom stereocenters. The molecule has 0 bridgehead atoms. The second kappa shape index (κ2) is 12.9. The van der Waals surface area contributed by atoms with Crippen LogP contribution in [-0.4, -0.2) is 68.1 Å². The molecule has 0 aliphatic carbocycles. The number of hydrogen-bond acceptors (Lipinski definition) is 4. The summed E-state index contributed by atoms with van der Waals surface area (Å²) in [6.45, 7) is 18.6. The van der Waals surface area contributed by atoms with E-state index >= 15 is 0 Å². The van der Waals surface area contributed by atoms with Crippen LogP contribution in [0, 0.1) is 12.8 Å².